The van der Waals surface area contributed by atoms with Crippen molar-refractivity contribution < 1.29 is 9.15 Å². The van der Waals surface area contributed by atoms with E-state index in [1.54, 1.807) is 0 Å². The molecule has 3 rings (SSSR count). The Morgan fingerprint density at radius 1 is 1.38 bits per heavy atom. The van der Waals surface area contributed by atoms with Crippen LogP contribution in [0, 0.1) is 0 Å². The van der Waals surface area contributed by atoms with Crippen LogP contribution >= 0.6 is 0 Å². The smallest absolute Gasteiger partial charge is 0.247 e. The number of ether oxygens (including phenoxy) is 1. The lowest BCUT2D eigenvalue weighted by Gasteiger charge is -2.27. The zero-order chi connectivity index (χ0) is 14.5. The van der Waals surface area contributed by atoms with Gasteiger partial charge in [-0.05, 0) is 37.6 Å². The fourth-order valence-electron chi connectivity index (χ4n) is 2.55. The van der Waals surface area contributed by atoms with Gasteiger partial charge in [0.1, 0.15) is 0 Å². The second kappa shape index (κ2) is 6.69. The summed E-state index contributed by atoms with van der Waals surface area (Å²) >= 11 is 0. The van der Waals surface area contributed by atoms with E-state index in [0.717, 1.165) is 37.4 Å². The van der Waals surface area contributed by atoms with Crippen molar-refractivity contribution in [3.8, 4) is 11.5 Å². The maximum atomic E-state index is 5.48. The van der Waals surface area contributed by atoms with Gasteiger partial charge < -0.3 is 19.8 Å². The number of rotatable bonds is 5. The quantitative estimate of drug-likeness (QED) is 0.875. The SMILES string of the molecule is CC(CC1COCCN1)Nc1ccc(-c2nnco2)cc1. The van der Waals surface area contributed by atoms with Gasteiger partial charge in [-0.25, -0.2) is 0 Å². The third-order valence-electron chi connectivity index (χ3n) is 3.54. The van der Waals surface area contributed by atoms with E-state index in [-0.39, 0.29) is 0 Å². The summed E-state index contributed by atoms with van der Waals surface area (Å²) < 4.78 is 10.7. The van der Waals surface area contributed by atoms with Crippen molar-refractivity contribution in [1.29, 1.82) is 0 Å². The fourth-order valence-corrected chi connectivity index (χ4v) is 2.55. The predicted octanol–water partition coefficient (Wildman–Crippen LogP) is 1.92. The van der Waals surface area contributed by atoms with E-state index in [9.17, 15) is 0 Å². The first-order valence-electron chi connectivity index (χ1n) is 7.25. The van der Waals surface area contributed by atoms with Gasteiger partial charge >= 0.3 is 0 Å². The van der Waals surface area contributed by atoms with Gasteiger partial charge in [-0.1, -0.05) is 0 Å². The molecule has 0 aliphatic carbocycles. The third kappa shape index (κ3) is 3.80. The van der Waals surface area contributed by atoms with Gasteiger partial charge in [-0.15, -0.1) is 10.2 Å². The largest absolute Gasteiger partial charge is 0.423 e. The van der Waals surface area contributed by atoms with E-state index in [1.165, 1.54) is 6.39 Å². The molecule has 112 valence electrons. The first kappa shape index (κ1) is 14.0. The lowest BCUT2D eigenvalue weighted by Crippen LogP contribution is -2.43. The minimum Gasteiger partial charge on any atom is -0.423 e. The van der Waals surface area contributed by atoms with Crippen molar-refractivity contribution in [3.05, 3.63) is 30.7 Å². The molecular formula is C15H20N4O2. The van der Waals surface area contributed by atoms with Crippen LogP contribution in [0.5, 0.6) is 0 Å². The van der Waals surface area contributed by atoms with Crippen LogP contribution in [0.25, 0.3) is 11.5 Å². The molecule has 1 saturated heterocycles. The summed E-state index contributed by atoms with van der Waals surface area (Å²) in [7, 11) is 0. The topological polar surface area (TPSA) is 72.2 Å². The number of nitrogens with zero attached hydrogens (tertiary/aromatic N) is 2. The van der Waals surface area contributed by atoms with E-state index in [1.807, 2.05) is 24.3 Å². The normalized spacial score (nSPS) is 20.1. The maximum absolute atomic E-state index is 5.48. The van der Waals surface area contributed by atoms with Crippen LogP contribution < -0.4 is 10.6 Å². The van der Waals surface area contributed by atoms with Gasteiger partial charge in [0.25, 0.3) is 0 Å². The summed E-state index contributed by atoms with van der Waals surface area (Å²) in [6, 6.07) is 8.81. The number of nitrogens with one attached hydrogen (secondary N) is 2. The minimum atomic E-state index is 0.374. The molecule has 0 spiro atoms. The second-order valence-electron chi connectivity index (χ2n) is 5.33. The Kier molecular flexibility index (Phi) is 4.47. The number of anilines is 1. The highest BCUT2D eigenvalue weighted by molar-refractivity contribution is 5.58. The number of hydrogen-bond acceptors (Lipinski definition) is 6. The molecule has 2 aromatic rings. The van der Waals surface area contributed by atoms with Gasteiger partial charge in [-0.2, -0.15) is 0 Å². The van der Waals surface area contributed by atoms with Gasteiger partial charge in [-0.3, -0.25) is 0 Å². The highest BCUT2D eigenvalue weighted by atomic mass is 16.5. The van der Waals surface area contributed by atoms with Crippen molar-refractivity contribution in [3.63, 3.8) is 0 Å². The first-order valence-corrected chi connectivity index (χ1v) is 7.25. The average molecular weight is 288 g/mol. The van der Waals surface area contributed by atoms with Crippen LogP contribution in [-0.2, 0) is 4.74 Å². The molecule has 2 heterocycles. The second-order valence-corrected chi connectivity index (χ2v) is 5.33. The van der Waals surface area contributed by atoms with E-state index < -0.39 is 0 Å². The Bertz CT molecular complexity index is 535. The monoisotopic (exact) mass is 288 g/mol. The molecule has 6 nitrogen and oxygen atoms in total. The summed E-state index contributed by atoms with van der Waals surface area (Å²) in [5.41, 5.74) is 2.01. The molecule has 2 N–H and O–H groups in total. The molecule has 1 aromatic heterocycles. The van der Waals surface area contributed by atoms with Gasteiger partial charge in [0.2, 0.25) is 12.3 Å². The standard InChI is InChI=1S/C15H20N4O2/c1-11(8-14-9-20-7-6-16-14)18-13-4-2-12(3-5-13)15-19-17-10-21-15/h2-5,10-11,14,16,18H,6-9H2,1H3. The number of benzene rings is 1. The molecule has 6 heteroatoms. The molecule has 2 unspecified atom stereocenters. The van der Waals surface area contributed by atoms with Gasteiger partial charge in [0, 0.05) is 29.9 Å². The Labute approximate surface area is 123 Å². The van der Waals surface area contributed by atoms with E-state index >= 15 is 0 Å². The molecule has 2 atom stereocenters. The lowest BCUT2D eigenvalue weighted by atomic mass is 10.1. The number of hydrogen-bond donors (Lipinski definition) is 2. The molecule has 21 heavy (non-hydrogen) atoms. The van der Waals surface area contributed by atoms with Crippen molar-refractivity contribution in [2.24, 2.45) is 0 Å². The number of aromatic nitrogens is 2. The zero-order valence-electron chi connectivity index (χ0n) is 12.1. The minimum absolute atomic E-state index is 0.374. The van der Waals surface area contributed by atoms with Gasteiger partial charge in [0.05, 0.1) is 13.2 Å². The summed E-state index contributed by atoms with van der Waals surface area (Å²) in [4.78, 5) is 0. The molecule has 0 amide bonds. The molecule has 1 fully saturated rings. The van der Waals surface area contributed by atoms with Crippen molar-refractivity contribution in [2.45, 2.75) is 25.4 Å². The van der Waals surface area contributed by atoms with Crippen molar-refractivity contribution >= 4 is 5.69 Å². The summed E-state index contributed by atoms with van der Waals surface area (Å²) in [5, 5.41) is 14.5. The third-order valence-corrected chi connectivity index (χ3v) is 3.54. The van der Waals surface area contributed by atoms with E-state index in [0.29, 0.717) is 18.0 Å². The summed E-state index contributed by atoms with van der Waals surface area (Å²) in [5.74, 6) is 0.540. The summed E-state index contributed by atoms with van der Waals surface area (Å²) in [6.45, 7) is 4.73. The Morgan fingerprint density at radius 3 is 2.90 bits per heavy atom. The Hall–Kier alpha value is -1.92. The van der Waals surface area contributed by atoms with Gasteiger partial charge in [0.15, 0.2) is 0 Å². The maximum Gasteiger partial charge on any atom is 0.247 e. The average Bonchev–Trinajstić information content (AvgIpc) is 3.03. The van der Waals surface area contributed by atoms with E-state index in [4.69, 9.17) is 9.15 Å². The van der Waals surface area contributed by atoms with E-state index in [2.05, 4.69) is 27.8 Å². The molecule has 0 bridgehead atoms. The van der Waals surface area contributed by atoms with Crippen molar-refractivity contribution in [2.75, 3.05) is 25.1 Å². The van der Waals surface area contributed by atoms with Crippen molar-refractivity contribution in [1.82, 2.24) is 15.5 Å². The molecule has 1 aliphatic heterocycles. The molecule has 0 radical (unpaired) electrons. The Morgan fingerprint density at radius 2 is 2.24 bits per heavy atom. The Balaban J connectivity index is 1.54. The number of morpholine rings is 1. The lowest BCUT2D eigenvalue weighted by molar-refractivity contribution is 0.0731. The predicted molar refractivity (Wildman–Crippen MR) is 80.0 cm³/mol. The summed E-state index contributed by atoms with van der Waals surface area (Å²) in [6.07, 6.45) is 2.37. The van der Waals surface area contributed by atoms with Crippen LogP contribution in [-0.4, -0.2) is 42.0 Å². The van der Waals surface area contributed by atoms with Crippen LogP contribution in [0.2, 0.25) is 0 Å². The zero-order valence-corrected chi connectivity index (χ0v) is 12.1. The molecule has 1 aromatic carbocycles. The van der Waals surface area contributed by atoms with Crippen LogP contribution in [0.4, 0.5) is 5.69 Å². The molecular weight excluding hydrogens is 268 g/mol. The van der Waals surface area contributed by atoms with Crippen LogP contribution in [0.1, 0.15) is 13.3 Å². The molecule has 1 aliphatic rings. The highest BCUT2D eigenvalue weighted by Gasteiger charge is 2.16. The molecule has 0 saturated carbocycles. The van der Waals surface area contributed by atoms with Crippen LogP contribution in [0.3, 0.4) is 0 Å². The fraction of sp³-hybridized carbons (Fsp3) is 0.467. The highest BCUT2D eigenvalue weighted by Crippen LogP contribution is 2.19. The first-order chi connectivity index (χ1) is 10.3. The van der Waals surface area contributed by atoms with Crippen LogP contribution in [0.15, 0.2) is 35.1 Å².